The van der Waals surface area contributed by atoms with Gasteiger partial charge in [0.25, 0.3) is 0 Å². The molecule has 0 amide bonds. The van der Waals surface area contributed by atoms with E-state index in [0.717, 1.165) is 19.4 Å². The highest BCUT2D eigenvalue weighted by molar-refractivity contribution is 7.89. The number of ether oxygens (including phenoxy) is 3. The summed E-state index contributed by atoms with van der Waals surface area (Å²) >= 11 is 0. The molecule has 1 aromatic carbocycles. The molecule has 11 heteroatoms. The number of esters is 3. The number of sulfonamides is 1. The fourth-order valence-electron chi connectivity index (χ4n) is 2.79. The number of nitrogens with one attached hydrogen (secondary N) is 1. The lowest BCUT2D eigenvalue weighted by molar-refractivity contribution is -0.182. The molecule has 0 fully saturated rings. The summed E-state index contributed by atoms with van der Waals surface area (Å²) < 4.78 is 43.4. The van der Waals surface area contributed by atoms with Crippen LogP contribution in [0.1, 0.15) is 39.2 Å². The van der Waals surface area contributed by atoms with Gasteiger partial charge in [0.1, 0.15) is 0 Å². The number of aliphatic hydroxyl groups excluding tert-OH is 1. The molecule has 3 atom stereocenters. The number of carbonyl (C=O) groups is 3. The molecule has 31 heavy (non-hydrogen) atoms. The van der Waals surface area contributed by atoms with E-state index in [1.807, 2.05) is 0 Å². The van der Waals surface area contributed by atoms with Gasteiger partial charge in [-0.05, 0) is 38.8 Å². The molecule has 1 aromatic rings. The molecule has 0 heterocycles. The second-order valence-corrected chi connectivity index (χ2v) is 8.48. The zero-order valence-electron chi connectivity index (χ0n) is 18.0. The van der Waals surface area contributed by atoms with Crippen LogP contribution in [-0.2, 0) is 38.6 Å². The van der Waals surface area contributed by atoms with Crippen molar-refractivity contribution in [2.45, 2.75) is 63.7 Å². The third-order valence-corrected chi connectivity index (χ3v) is 5.63. The number of carbonyl (C=O) groups excluding carboxylic acids is 3. The first-order chi connectivity index (χ1) is 14.5. The molecule has 0 aromatic heterocycles. The Morgan fingerprint density at radius 1 is 1.06 bits per heavy atom. The highest BCUT2D eigenvalue weighted by Gasteiger charge is 2.42. The molecule has 2 N–H and O–H groups in total. The van der Waals surface area contributed by atoms with Gasteiger partial charge in [-0.15, -0.1) is 0 Å². The van der Waals surface area contributed by atoms with Crippen LogP contribution in [0.15, 0.2) is 29.2 Å². The predicted molar refractivity (Wildman–Crippen MR) is 109 cm³/mol. The molecule has 0 aliphatic rings. The summed E-state index contributed by atoms with van der Waals surface area (Å²) in [5.41, 5.74) is 0.853. The van der Waals surface area contributed by atoms with Crippen molar-refractivity contribution in [1.82, 2.24) is 4.72 Å². The summed E-state index contributed by atoms with van der Waals surface area (Å²) in [6, 6.07) is 4.83. The minimum Gasteiger partial charge on any atom is -0.463 e. The van der Waals surface area contributed by atoms with Crippen molar-refractivity contribution >= 4 is 27.9 Å². The Morgan fingerprint density at radius 3 is 2.13 bits per heavy atom. The van der Waals surface area contributed by atoms with Gasteiger partial charge >= 0.3 is 17.9 Å². The quantitative estimate of drug-likeness (QED) is 0.343. The molecule has 1 rings (SSSR count). The van der Waals surface area contributed by atoms with E-state index in [-0.39, 0.29) is 31.0 Å². The molecule has 174 valence electrons. The molecule has 0 saturated carbocycles. The first kappa shape index (κ1) is 26.5. The van der Waals surface area contributed by atoms with E-state index in [4.69, 9.17) is 14.2 Å². The summed E-state index contributed by atoms with van der Waals surface area (Å²) in [4.78, 5) is 35.7. The fraction of sp³-hybridized carbons (Fsp3) is 0.550. The Hall–Kier alpha value is -2.50. The minimum absolute atomic E-state index is 0.0172. The van der Waals surface area contributed by atoms with Crippen LogP contribution in [0.25, 0.3) is 0 Å². The smallest absolute Gasteiger partial charge is 0.351 e. The predicted octanol–water partition coefficient (Wildman–Crippen LogP) is 0.841. The number of rotatable bonds is 12. The van der Waals surface area contributed by atoms with Gasteiger partial charge in [-0.1, -0.05) is 17.7 Å². The molecular formula is C20H29NO9S. The average Bonchev–Trinajstić information content (AvgIpc) is 2.68. The zero-order valence-corrected chi connectivity index (χ0v) is 18.8. The van der Waals surface area contributed by atoms with Gasteiger partial charge in [-0.2, -0.15) is 0 Å². The van der Waals surface area contributed by atoms with Crippen LogP contribution < -0.4 is 4.72 Å². The number of hydrogen-bond donors (Lipinski definition) is 2. The van der Waals surface area contributed by atoms with Crippen LogP contribution >= 0.6 is 0 Å². The topological polar surface area (TPSA) is 145 Å². The van der Waals surface area contributed by atoms with Crippen LogP contribution in [0.3, 0.4) is 0 Å². The summed E-state index contributed by atoms with van der Waals surface area (Å²) in [5.74, 6) is -2.67. The van der Waals surface area contributed by atoms with E-state index in [9.17, 15) is 27.9 Å². The largest absolute Gasteiger partial charge is 0.463 e. The first-order valence-corrected chi connectivity index (χ1v) is 11.2. The van der Waals surface area contributed by atoms with Gasteiger partial charge in [0.15, 0.2) is 6.10 Å². The van der Waals surface area contributed by atoms with Crippen molar-refractivity contribution in [3.8, 4) is 0 Å². The summed E-state index contributed by atoms with van der Waals surface area (Å²) in [6.07, 6.45) is -3.12. The lowest BCUT2D eigenvalue weighted by Gasteiger charge is -2.31. The summed E-state index contributed by atoms with van der Waals surface area (Å²) in [5, 5.41) is 9.24. The van der Waals surface area contributed by atoms with Crippen molar-refractivity contribution in [2.24, 2.45) is 0 Å². The fourth-order valence-corrected chi connectivity index (χ4v) is 4.07. The summed E-state index contributed by atoms with van der Waals surface area (Å²) in [6.45, 7) is 5.13. The van der Waals surface area contributed by atoms with E-state index in [1.165, 1.54) is 19.1 Å². The Morgan fingerprint density at radius 2 is 1.65 bits per heavy atom. The molecule has 0 unspecified atom stereocenters. The van der Waals surface area contributed by atoms with Crippen LogP contribution in [0.2, 0.25) is 0 Å². The highest BCUT2D eigenvalue weighted by Crippen LogP contribution is 2.19. The molecule has 0 bridgehead atoms. The first-order valence-electron chi connectivity index (χ1n) is 9.72. The number of aryl methyl sites for hydroxylation is 1. The number of benzene rings is 1. The maximum absolute atomic E-state index is 12.9. The number of aliphatic hydroxyl groups is 1. The molecule has 0 saturated heterocycles. The van der Waals surface area contributed by atoms with E-state index in [0.29, 0.717) is 0 Å². The zero-order chi connectivity index (χ0) is 23.6. The second kappa shape index (κ2) is 12.4. The molecule has 0 aliphatic heterocycles. The minimum atomic E-state index is -4.10. The van der Waals surface area contributed by atoms with Gasteiger partial charge in [0.2, 0.25) is 16.1 Å². The molecular weight excluding hydrogens is 430 g/mol. The Balaban J connectivity index is 3.38. The van der Waals surface area contributed by atoms with Crippen molar-refractivity contribution in [2.75, 3.05) is 13.2 Å². The molecule has 0 radical (unpaired) electrons. The van der Waals surface area contributed by atoms with Gasteiger partial charge in [-0.3, -0.25) is 9.59 Å². The standard InChI is InChI=1S/C20H29NO9S/c1-5-28-20(25)19(30-15(4)24)18(29-14(3)23)17(7-6-12-22)21-31(26,27)16-10-8-13(2)9-11-16/h8-11,17-19,21-22H,5-7,12H2,1-4H3/t17-,18-,19+/m0/s1. The lowest BCUT2D eigenvalue weighted by atomic mass is 10.0. The van der Waals surface area contributed by atoms with Gasteiger partial charge < -0.3 is 19.3 Å². The Kier molecular flexibility index (Phi) is 10.6. The number of hydrogen-bond acceptors (Lipinski definition) is 9. The monoisotopic (exact) mass is 459 g/mol. The maximum atomic E-state index is 12.9. The van der Waals surface area contributed by atoms with Crippen molar-refractivity contribution in [1.29, 1.82) is 0 Å². The van der Waals surface area contributed by atoms with Crippen molar-refractivity contribution < 1.29 is 42.1 Å². The third kappa shape index (κ3) is 8.64. The average molecular weight is 460 g/mol. The Bertz CT molecular complexity index is 852. The van der Waals surface area contributed by atoms with E-state index < -0.39 is 46.2 Å². The van der Waals surface area contributed by atoms with E-state index in [2.05, 4.69) is 4.72 Å². The van der Waals surface area contributed by atoms with Crippen LogP contribution in [0, 0.1) is 6.92 Å². The van der Waals surface area contributed by atoms with Gasteiger partial charge in [0.05, 0.1) is 17.5 Å². The SMILES string of the molecule is CCOC(=O)[C@H](OC(C)=O)[C@@H](OC(C)=O)[C@H](CCCO)NS(=O)(=O)c1ccc(C)cc1. The van der Waals surface area contributed by atoms with Gasteiger partial charge in [0, 0.05) is 20.5 Å². The summed E-state index contributed by atoms with van der Waals surface area (Å²) in [7, 11) is -4.10. The molecule has 0 spiro atoms. The van der Waals surface area contributed by atoms with Crippen LogP contribution in [-0.4, -0.2) is 62.9 Å². The van der Waals surface area contributed by atoms with Crippen LogP contribution in [0.4, 0.5) is 0 Å². The lowest BCUT2D eigenvalue weighted by Crippen LogP contribution is -2.54. The Labute approximate surface area is 181 Å². The third-order valence-electron chi connectivity index (χ3n) is 4.12. The maximum Gasteiger partial charge on any atom is 0.351 e. The van der Waals surface area contributed by atoms with Crippen LogP contribution in [0.5, 0.6) is 0 Å². The van der Waals surface area contributed by atoms with E-state index >= 15 is 0 Å². The molecule has 0 aliphatic carbocycles. The van der Waals surface area contributed by atoms with Gasteiger partial charge in [-0.25, -0.2) is 17.9 Å². The van der Waals surface area contributed by atoms with Crippen molar-refractivity contribution in [3.63, 3.8) is 0 Å². The highest BCUT2D eigenvalue weighted by atomic mass is 32.2. The normalized spacial score (nSPS) is 14.2. The molecule has 10 nitrogen and oxygen atoms in total. The van der Waals surface area contributed by atoms with Crippen molar-refractivity contribution in [3.05, 3.63) is 29.8 Å². The van der Waals surface area contributed by atoms with E-state index in [1.54, 1.807) is 19.1 Å². The second-order valence-electron chi connectivity index (χ2n) is 6.76.